The van der Waals surface area contributed by atoms with E-state index in [0.29, 0.717) is 5.69 Å². The van der Waals surface area contributed by atoms with Crippen molar-refractivity contribution in [3.63, 3.8) is 0 Å². The van der Waals surface area contributed by atoms with Gasteiger partial charge in [-0.05, 0) is 62.2 Å². The largest absolute Gasteiger partial charge is 0.478 e. The number of carboxylic acid groups (broad SMARTS) is 1. The standard InChI is InChI=1S/C26H23N3O3/c1-16-4-7-19(8-5-16)25-22(29-13-12-17(2)14-23(29)28-25)10-11-24(30)27-21-15-20(26(31)32)9-6-18(21)3/h4-15H,1-3H3,(H,27,30)(H,31,32)/b11-10+. The second kappa shape index (κ2) is 8.51. The summed E-state index contributed by atoms with van der Waals surface area (Å²) < 4.78 is 1.95. The van der Waals surface area contributed by atoms with Crippen LogP contribution < -0.4 is 5.32 Å². The molecule has 2 aromatic heterocycles. The smallest absolute Gasteiger partial charge is 0.335 e. The number of anilines is 1. The molecule has 2 N–H and O–H groups in total. The van der Waals surface area contributed by atoms with Crippen LogP contribution in [-0.2, 0) is 4.79 Å². The number of aromatic nitrogens is 2. The van der Waals surface area contributed by atoms with Crippen LogP contribution in [0, 0.1) is 20.8 Å². The van der Waals surface area contributed by atoms with E-state index in [0.717, 1.165) is 39.3 Å². The van der Waals surface area contributed by atoms with Crippen LogP contribution in [0.15, 0.2) is 66.9 Å². The van der Waals surface area contributed by atoms with E-state index in [9.17, 15) is 14.7 Å². The zero-order valence-corrected chi connectivity index (χ0v) is 18.1. The number of hydrogen-bond acceptors (Lipinski definition) is 3. The van der Waals surface area contributed by atoms with Crippen LogP contribution in [0.2, 0.25) is 0 Å². The molecular weight excluding hydrogens is 402 g/mol. The van der Waals surface area contributed by atoms with Crippen molar-refractivity contribution >= 4 is 29.3 Å². The number of amides is 1. The molecule has 0 aliphatic carbocycles. The summed E-state index contributed by atoms with van der Waals surface area (Å²) in [7, 11) is 0. The van der Waals surface area contributed by atoms with Crippen molar-refractivity contribution in [1.29, 1.82) is 0 Å². The van der Waals surface area contributed by atoms with E-state index in [1.807, 2.05) is 67.8 Å². The fourth-order valence-corrected chi connectivity index (χ4v) is 3.47. The molecule has 0 saturated heterocycles. The van der Waals surface area contributed by atoms with Gasteiger partial charge in [-0.15, -0.1) is 0 Å². The molecule has 0 aliphatic rings. The monoisotopic (exact) mass is 425 g/mol. The molecule has 4 rings (SSSR count). The van der Waals surface area contributed by atoms with Gasteiger partial charge in [0.25, 0.3) is 0 Å². The lowest BCUT2D eigenvalue weighted by atomic mass is 10.1. The zero-order valence-electron chi connectivity index (χ0n) is 18.1. The number of aryl methyl sites for hydroxylation is 3. The molecule has 1 amide bonds. The normalized spacial score (nSPS) is 11.2. The summed E-state index contributed by atoms with van der Waals surface area (Å²) in [6.45, 7) is 5.85. The summed E-state index contributed by atoms with van der Waals surface area (Å²) in [5, 5.41) is 12.0. The molecule has 6 nitrogen and oxygen atoms in total. The first kappa shape index (κ1) is 21.1. The highest BCUT2D eigenvalue weighted by atomic mass is 16.4. The fourth-order valence-electron chi connectivity index (χ4n) is 3.47. The highest BCUT2D eigenvalue weighted by Gasteiger charge is 2.13. The second-order valence-corrected chi connectivity index (χ2v) is 7.80. The number of pyridine rings is 1. The summed E-state index contributed by atoms with van der Waals surface area (Å²) in [5.74, 6) is -1.40. The molecule has 6 heteroatoms. The topological polar surface area (TPSA) is 83.7 Å². The number of nitrogens with one attached hydrogen (secondary N) is 1. The van der Waals surface area contributed by atoms with Gasteiger partial charge >= 0.3 is 5.97 Å². The SMILES string of the molecule is Cc1ccc(-c2nc3cc(C)ccn3c2/C=C/C(=O)Nc2cc(C(=O)O)ccc2C)cc1. The van der Waals surface area contributed by atoms with Crippen molar-refractivity contribution in [2.24, 2.45) is 0 Å². The van der Waals surface area contributed by atoms with E-state index in [2.05, 4.69) is 5.32 Å². The van der Waals surface area contributed by atoms with Gasteiger partial charge in [0.15, 0.2) is 0 Å². The van der Waals surface area contributed by atoms with Gasteiger partial charge in [0.1, 0.15) is 5.65 Å². The van der Waals surface area contributed by atoms with E-state index in [1.165, 1.54) is 18.2 Å². The Hall–Kier alpha value is -4.19. The van der Waals surface area contributed by atoms with Crippen LogP contribution in [0.4, 0.5) is 5.69 Å². The number of fused-ring (bicyclic) bond motifs is 1. The minimum atomic E-state index is -1.04. The summed E-state index contributed by atoms with van der Waals surface area (Å²) in [5.41, 5.74) is 6.94. The van der Waals surface area contributed by atoms with Gasteiger partial charge in [0.05, 0.1) is 17.0 Å². The predicted octanol–water partition coefficient (Wildman–Crippen LogP) is 5.28. The first-order valence-electron chi connectivity index (χ1n) is 10.2. The first-order chi connectivity index (χ1) is 15.3. The van der Waals surface area contributed by atoms with Gasteiger partial charge in [0, 0.05) is 23.5 Å². The number of carbonyl (C=O) groups excluding carboxylic acids is 1. The fraction of sp³-hybridized carbons (Fsp3) is 0.115. The lowest BCUT2D eigenvalue weighted by Crippen LogP contribution is -2.10. The summed E-state index contributed by atoms with van der Waals surface area (Å²) in [6, 6.07) is 16.7. The van der Waals surface area contributed by atoms with E-state index in [1.54, 1.807) is 12.1 Å². The number of rotatable bonds is 5. The Bertz CT molecular complexity index is 1370. The molecular formula is C26H23N3O3. The first-order valence-corrected chi connectivity index (χ1v) is 10.2. The number of aromatic carboxylic acids is 1. The number of carboxylic acids is 1. The van der Waals surface area contributed by atoms with Crippen LogP contribution >= 0.6 is 0 Å². The van der Waals surface area contributed by atoms with Crippen molar-refractivity contribution in [2.75, 3.05) is 5.32 Å². The molecule has 4 aromatic rings. The van der Waals surface area contributed by atoms with Crippen molar-refractivity contribution in [1.82, 2.24) is 9.38 Å². The van der Waals surface area contributed by atoms with E-state index in [4.69, 9.17) is 4.98 Å². The van der Waals surface area contributed by atoms with E-state index < -0.39 is 5.97 Å². The maximum Gasteiger partial charge on any atom is 0.335 e. The van der Waals surface area contributed by atoms with Gasteiger partial charge < -0.3 is 10.4 Å². The zero-order chi connectivity index (χ0) is 22.8. The minimum absolute atomic E-state index is 0.119. The Balaban J connectivity index is 1.69. The van der Waals surface area contributed by atoms with Gasteiger partial charge in [-0.1, -0.05) is 35.9 Å². The predicted molar refractivity (Wildman–Crippen MR) is 126 cm³/mol. The second-order valence-electron chi connectivity index (χ2n) is 7.80. The lowest BCUT2D eigenvalue weighted by Gasteiger charge is -2.07. The van der Waals surface area contributed by atoms with Crippen LogP contribution in [-0.4, -0.2) is 26.4 Å². The van der Waals surface area contributed by atoms with Crippen molar-refractivity contribution in [3.05, 3.63) is 94.8 Å². The highest BCUT2D eigenvalue weighted by molar-refractivity contribution is 6.03. The third kappa shape index (κ3) is 4.30. The summed E-state index contributed by atoms with van der Waals surface area (Å²) >= 11 is 0. The maximum absolute atomic E-state index is 12.6. The molecule has 0 atom stereocenters. The van der Waals surface area contributed by atoms with Crippen LogP contribution in [0.1, 0.15) is 32.7 Å². The molecule has 0 bridgehead atoms. The minimum Gasteiger partial charge on any atom is -0.478 e. The highest BCUT2D eigenvalue weighted by Crippen LogP contribution is 2.26. The molecule has 0 unspecified atom stereocenters. The number of nitrogens with zero attached hydrogens (tertiary/aromatic N) is 2. The average molecular weight is 425 g/mol. The molecule has 0 aliphatic heterocycles. The van der Waals surface area contributed by atoms with Crippen molar-refractivity contribution in [3.8, 4) is 11.3 Å². The molecule has 0 radical (unpaired) electrons. The van der Waals surface area contributed by atoms with E-state index in [-0.39, 0.29) is 11.5 Å². The van der Waals surface area contributed by atoms with Crippen LogP contribution in [0.5, 0.6) is 0 Å². The Labute approximate surface area is 185 Å². The van der Waals surface area contributed by atoms with E-state index >= 15 is 0 Å². The number of carbonyl (C=O) groups is 2. The lowest BCUT2D eigenvalue weighted by molar-refractivity contribution is -0.111. The molecule has 0 saturated carbocycles. The molecule has 2 heterocycles. The van der Waals surface area contributed by atoms with Crippen LogP contribution in [0.3, 0.4) is 0 Å². The Morgan fingerprint density at radius 1 is 0.969 bits per heavy atom. The van der Waals surface area contributed by atoms with Gasteiger partial charge in [-0.2, -0.15) is 0 Å². The molecule has 160 valence electrons. The third-order valence-electron chi connectivity index (χ3n) is 5.28. The number of benzene rings is 2. The molecule has 0 spiro atoms. The van der Waals surface area contributed by atoms with Crippen molar-refractivity contribution < 1.29 is 14.7 Å². The Morgan fingerprint density at radius 2 is 1.72 bits per heavy atom. The molecule has 32 heavy (non-hydrogen) atoms. The summed E-state index contributed by atoms with van der Waals surface area (Å²) in [4.78, 5) is 28.7. The van der Waals surface area contributed by atoms with Gasteiger partial charge in [-0.3, -0.25) is 9.20 Å². The Kier molecular flexibility index (Phi) is 5.60. The molecule has 0 fully saturated rings. The van der Waals surface area contributed by atoms with Crippen LogP contribution in [0.25, 0.3) is 23.0 Å². The van der Waals surface area contributed by atoms with Crippen molar-refractivity contribution in [2.45, 2.75) is 20.8 Å². The van der Waals surface area contributed by atoms with Gasteiger partial charge in [0.2, 0.25) is 5.91 Å². The Morgan fingerprint density at radius 3 is 2.44 bits per heavy atom. The van der Waals surface area contributed by atoms with Gasteiger partial charge in [-0.25, -0.2) is 9.78 Å². The maximum atomic E-state index is 12.6. The number of imidazole rings is 1. The molecule has 2 aromatic carbocycles. The summed E-state index contributed by atoms with van der Waals surface area (Å²) in [6.07, 6.45) is 5.11. The third-order valence-corrected chi connectivity index (χ3v) is 5.28. The quantitative estimate of drug-likeness (QED) is 0.426. The average Bonchev–Trinajstić information content (AvgIpc) is 3.11. The number of hydrogen-bond donors (Lipinski definition) is 2.